The molecule has 0 saturated carbocycles. The van der Waals surface area contributed by atoms with Gasteiger partial charge in [0.05, 0.1) is 0 Å². The van der Waals surface area contributed by atoms with Gasteiger partial charge in [-0.25, -0.2) is 0 Å². The van der Waals surface area contributed by atoms with Crippen LogP contribution in [-0.2, 0) is 6.42 Å². The van der Waals surface area contributed by atoms with Crippen LogP contribution in [0.15, 0.2) is 54.6 Å². The standard InChI is InChI=1S/C18H22N2S/c1-14-8-12-17(13-9-14)20-18(21)19-15(2)10-11-16-6-4-3-5-7-16/h3-9,12-13,15H,10-11H2,1-2H3,(H2,19,20,21)/t15-/m0/s1. The molecule has 0 fully saturated rings. The predicted molar refractivity (Wildman–Crippen MR) is 94.8 cm³/mol. The van der Waals surface area contributed by atoms with Crippen molar-refractivity contribution >= 4 is 23.0 Å². The Morgan fingerprint density at radius 3 is 2.38 bits per heavy atom. The van der Waals surface area contributed by atoms with Gasteiger partial charge in [0.2, 0.25) is 0 Å². The van der Waals surface area contributed by atoms with Crippen LogP contribution in [0.1, 0.15) is 24.5 Å². The zero-order valence-corrected chi connectivity index (χ0v) is 13.4. The lowest BCUT2D eigenvalue weighted by molar-refractivity contribution is 0.609. The molecule has 2 nitrogen and oxygen atoms in total. The van der Waals surface area contributed by atoms with Crippen molar-refractivity contribution in [2.45, 2.75) is 32.7 Å². The second-order valence-corrected chi connectivity index (χ2v) is 5.80. The normalized spacial score (nSPS) is 11.7. The number of aryl methyl sites for hydroxylation is 2. The van der Waals surface area contributed by atoms with Crippen LogP contribution in [0.5, 0.6) is 0 Å². The Bertz CT molecular complexity index is 564. The minimum absolute atomic E-state index is 0.343. The van der Waals surface area contributed by atoms with Gasteiger partial charge in [-0.3, -0.25) is 0 Å². The van der Waals surface area contributed by atoms with Crippen LogP contribution in [0.2, 0.25) is 0 Å². The Balaban J connectivity index is 1.75. The SMILES string of the molecule is Cc1ccc(NC(=S)N[C@@H](C)CCc2ccccc2)cc1. The molecule has 0 aliphatic heterocycles. The number of rotatable bonds is 5. The minimum Gasteiger partial charge on any atom is -0.360 e. The molecule has 110 valence electrons. The highest BCUT2D eigenvalue weighted by atomic mass is 32.1. The molecule has 21 heavy (non-hydrogen) atoms. The molecule has 2 rings (SSSR count). The Morgan fingerprint density at radius 2 is 1.71 bits per heavy atom. The third-order valence-electron chi connectivity index (χ3n) is 3.40. The third kappa shape index (κ3) is 5.56. The van der Waals surface area contributed by atoms with E-state index in [9.17, 15) is 0 Å². The Labute approximate surface area is 132 Å². The smallest absolute Gasteiger partial charge is 0.170 e. The fourth-order valence-corrected chi connectivity index (χ4v) is 2.45. The number of benzene rings is 2. The average Bonchev–Trinajstić information content (AvgIpc) is 2.48. The van der Waals surface area contributed by atoms with Gasteiger partial charge in [-0.15, -0.1) is 0 Å². The van der Waals surface area contributed by atoms with Crippen molar-refractivity contribution < 1.29 is 0 Å². The molecular weight excluding hydrogens is 276 g/mol. The Kier molecular flexibility index (Phi) is 5.76. The van der Waals surface area contributed by atoms with Gasteiger partial charge >= 0.3 is 0 Å². The first-order valence-electron chi connectivity index (χ1n) is 7.31. The molecule has 2 N–H and O–H groups in total. The summed E-state index contributed by atoms with van der Waals surface area (Å²) in [5.41, 5.74) is 3.63. The lowest BCUT2D eigenvalue weighted by Crippen LogP contribution is -2.36. The zero-order chi connectivity index (χ0) is 15.1. The van der Waals surface area contributed by atoms with Gasteiger partial charge in [0.25, 0.3) is 0 Å². The van der Waals surface area contributed by atoms with E-state index in [2.05, 4.69) is 60.9 Å². The molecule has 0 radical (unpaired) electrons. The van der Waals surface area contributed by atoms with E-state index in [1.807, 2.05) is 18.2 Å². The monoisotopic (exact) mass is 298 g/mol. The molecule has 0 spiro atoms. The molecular formula is C18H22N2S. The van der Waals surface area contributed by atoms with Crippen LogP contribution in [-0.4, -0.2) is 11.2 Å². The molecule has 2 aromatic rings. The van der Waals surface area contributed by atoms with E-state index in [0.29, 0.717) is 11.2 Å². The summed E-state index contributed by atoms with van der Waals surface area (Å²) >= 11 is 5.35. The van der Waals surface area contributed by atoms with Crippen molar-refractivity contribution in [2.24, 2.45) is 0 Å². The number of nitrogens with one attached hydrogen (secondary N) is 2. The first kappa shape index (κ1) is 15.5. The fraction of sp³-hybridized carbons (Fsp3) is 0.278. The van der Waals surface area contributed by atoms with E-state index in [1.165, 1.54) is 11.1 Å². The van der Waals surface area contributed by atoms with Crippen molar-refractivity contribution in [3.8, 4) is 0 Å². The van der Waals surface area contributed by atoms with E-state index < -0.39 is 0 Å². The molecule has 3 heteroatoms. The molecule has 1 atom stereocenters. The minimum atomic E-state index is 0.343. The maximum Gasteiger partial charge on any atom is 0.170 e. The van der Waals surface area contributed by atoms with Crippen molar-refractivity contribution in [3.05, 3.63) is 65.7 Å². The Morgan fingerprint density at radius 1 is 1.05 bits per heavy atom. The second kappa shape index (κ2) is 7.79. The summed E-state index contributed by atoms with van der Waals surface area (Å²) < 4.78 is 0. The molecule has 0 amide bonds. The predicted octanol–water partition coefficient (Wildman–Crippen LogP) is 4.30. The van der Waals surface area contributed by atoms with Gasteiger partial charge in [0.1, 0.15) is 0 Å². The molecule has 0 aliphatic rings. The highest BCUT2D eigenvalue weighted by Crippen LogP contribution is 2.09. The van der Waals surface area contributed by atoms with Crippen LogP contribution in [0.3, 0.4) is 0 Å². The third-order valence-corrected chi connectivity index (χ3v) is 3.62. The molecule has 0 aliphatic carbocycles. The number of thiocarbonyl (C=S) groups is 1. The van der Waals surface area contributed by atoms with E-state index in [4.69, 9.17) is 12.2 Å². The molecule has 0 aromatic heterocycles. The second-order valence-electron chi connectivity index (χ2n) is 5.39. The summed E-state index contributed by atoms with van der Waals surface area (Å²) in [7, 11) is 0. The van der Waals surface area contributed by atoms with Crippen LogP contribution in [0.4, 0.5) is 5.69 Å². The highest BCUT2D eigenvalue weighted by molar-refractivity contribution is 7.80. The topological polar surface area (TPSA) is 24.1 Å². The van der Waals surface area contributed by atoms with Crippen molar-refractivity contribution in [1.29, 1.82) is 0 Å². The quantitative estimate of drug-likeness (QED) is 0.805. The fourth-order valence-electron chi connectivity index (χ4n) is 2.13. The van der Waals surface area contributed by atoms with Gasteiger partial charge in [0, 0.05) is 11.7 Å². The summed E-state index contributed by atoms with van der Waals surface area (Å²) in [6, 6.07) is 19.1. The lowest BCUT2D eigenvalue weighted by atomic mass is 10.1. The van der Waals surface area contributed by atoms with Crippen molar-refractivity contribution in [2.75, 3.05) is 5.32 Å². The van der Waals surface area contributed by atoms with Gasteiger partial charge in [0.15, 0.2) is 5.11 Å². The maximum atomic E-state index is 5.35. The molecule has 0 heterocycles. The van der Waals surface area contributed by atoms with Gasteiger partial charge in [-0.2, -0.15) is 0 Å². The summed E-state index contributed by atoms with van der Waals surface area (Å²) in [6.45, 7) is 4.23. The molecule has 0 saturated heterocycles. The summed E-state index contributed by atoms with van der Waals surface area (Å²) in [6.07, 6.45) is 2.11. The highest BCUT2D eigenvalue weighted by Gasteiger charge is 2.05. The van der Waals surface area contributed by atoms with E-state index in [0.717, 1.165) is 18.5 Å². The van der Waals surface area contributed by atoms with Crippen molar-refractivity contribution in [1.82, 2.24) is 5.32 Å². The first-order valence-corrected chi connectivity index (χ1v) is 7.72. The summed E-state index contributed by atoms with van der Waals surface area (Å²) in [4.78, 5) is 0. The van der Waals surface area contributed by atoms with E-state index in [-0.39, 0.29) is 0 Å². The van der Waals surface area contributed by atoms with E-state index in [1.54, 1.807) is 0 Å². The van der Waals surface area contributed by atoms with Crippen LogP contribution < -0.4 is 10.6 Å². The summed E-state index contributed by atoms with van der Waals surface area (Å²) in [5, 5.41) is 7.23. The van der Waals surface area contributed by atoms with Gasteiger partial charge in [-0.1, -0.05) is 48.0 Å². The number of anilines is 1. The van der Waals surface area contributed by atoms with E-state index >= 15 is 0 Å². The first-order chi connectivity index (χ1) is 10.1. The average molecular weight is 298 g/mol. The summed E-state index contributed by atoms with van der Waals surface area (Å²) in [5.74, 6) is 0. The van der Waals surface area contributed by atoms with Gasteiger partial charge < -0.3 is 10.6 Å². The van der Waals surface area contributed by atoms with Crippen LogP contribution in [0, 0.1) is 6.92 Å². The number of hydrogen-bond acceptors (Lipinski definition) is 1. The Hall–Kier alpha value is -1.87. The van der Waals surface area contributed by atoms with Crippen LogP contribution in [0.25, 0.3) is 0 Å². The van der Waals surface area contributed by atoms with Crippen molar-refractivity contribution in [3.63, 3.8) is 0 Å². The molecule has 0 unspecified atom stereocenters. The largest absolute Gasteiger partial charge is 0.360 e. The molecule has 0 bridgehead atoms. The molecule has 2 aromatic carbocycles. The van der Waals surface area contributed by atoms with Gasteiger partial charge in [-0.05, 0) is 56.6 Å². The lowest BCUT2D eigenvalue weighted by Gasteiger charge is -2.17. The number of hydrogen-bond donors (Lipinski definition) is 2. The zero-order valence-electron chi connectivity index (χ0n) is 12.6. The van der Waals surface area contributed by atoms with Crippen LogP contribution >= 0.6 is 12.2 Å². The maximum absolute atomic E-state index is 5.35.